The predicted molar refractivity (Wildman–Crippen MR) is 102 cm³/mol. The van der Waals surface area contributed by atoms with Gasteiger partial charge in [0.1, 0.15) is 23.5 Å². The van der Waals surface area contributed by atoms with Crippen molar-refractivity contribution in [3.8, 4) is 11.3 Å². The first-order valence-corrected chi connectivity index (χ1v) is 9.83. The molecule has 0 saturated carbocycles. The summed E-state index contributed by atoms with van der Waals surface area (Å²) in [5.41, 5.74) is 0.781. The van der Waals surface area contributed by atoms with Crippen LogP contribution in [-0.4, -0.2) is 40.2 Å². The first-order chi connectivity index (χ1) is 14.4. The van der Waals surface area contributed by atoms with Gasteiger partial charge in [-0.15, -0.1) is 0 Å². The van der Waals surface area contributed by atoms with E-state index < -0.39 is 35.4 Å². The minimum Gasteiger partial charge on any atom is -0.370 e. The van der Waals surface area contributed by atoms with Crippen molar-refractivity contribution >= 4 is 23.5 Å². The third-order valence-corrected chi connectivity index (χ3v) is 5.88. The lowest BCUT2D eigenvalue weighted by atomic mass is 10.00. The zero-order valence-electron chi connectivity index (χ0n) is 15.9. The van der Waals surface area contributed by atoms with E-state index in [-0.39, 0.29) is 41.8 Å². The molecule has 2 aromatic rings. The largest absolute Gasteiger partial charge is 0.370 e. The summed E-state index contributed by atoms with van der Waals surface area (Å²) >= 11 is 0. The van der Waals surface area contributed by atoms with E-state index >= 15 is 4.39 Å². The highest BCUT2D eigenvalue weighted by molar-refractivity contribution is 6.05. The highest BCUT2D eigenvalue weighted by atomic mass is 19.1. The van der Waals surface area contributed by atoms with Crippen LogP contribution in [0.3, 0.4) is 0 Å². The lowest BCUT2D eigenvalue weighted by Gasteiger charge is -2.29. The van der Waals surface area contributed by atoms with Crippen molar-refractivity contribution in [2.45, 2.75) is 38.3 Å². The van der Waals surface area contributed by atoms with Crippen LogP contribution in [0.15, 0.2) is 18.2 Å². The SMILES string of the molecule is O=C1CCC(N2Cc3c(cc(F)c(-c4ccc5c(n4)NCCC5)c3F)C2=O)C(=O)N1. The van der Waals surface area contributed by atoms with E-state index in [0.29, 0.717) is 5.82 Å². The molecule has 30 heavy (non-hydrogen) atoms. The number of hydrogen-bond acceptors (Lipinski definition) is 5. The third kappa shape index (κ3) is 2.84. The lowest BCUT2D eigenvalue weighted by Crippen LogP contribution is -2.52. The van der Waals surface area contributed by atoms with Gasteiger partial charge in [0.25, 0.3) is 5.91 Å². The van der Waals surface area contributed by atoms with Crippen LogP contribution in [-0.2, 0) is 22.6 Å². The fraction of sp³-hybridized carbons (Fsp3) is 0.333. The maximum atomic E-state index is 15.4. The number of carbonyl (C=O) groups is 3. The number of pyridine rings is 1. The predicted octanol–water partition coefficient (Wildman–Crippen LogP) is 2.15. The van der Waals surface area contributed by atoms with Gasteiger partial charge >= 0.3 is 0 Å². The molecule has 2 N–H and O–H groups in total. The van der Waals surface area contributed by atoms with Gasteiger partial charge in [0.05, 0.1) is 23.4 Å². The molecule has 5 rings (SSSR count). The molecule has 0 bridgehead atoms. The number of aryl methyl sites for hydroxylation is 1. The molecule has 4 heterocycles. The van der Waals surface area contributed by atoms with Crippen LogP contribution in [0.4, 0.5) is 14.6 Å². The van der Waals surface area contributed by atoms with Crippen LogP contribution in [0, 0.1) is 11.6 Å². The van der Waals surface area contributed by atoms with Gasteiger partial charge in [-0.1, -0.05) is 6.07 Å². The molecule has 154 valence electrons. The molecule has 1 aromatic heterocycles. The Morgan fingerprint density at radius 2 is 1.97 bits per heavy atom. The van der Waals surface area contributed by atoms with E-state index in [0.717, 1.165) is 31.0 Å². The molecule has 1 fully saturated rings. The van der Waals surface area contributed by atoms with Crippen molar-refractivity contribution in [2.24, 2.45) is 0 Å². The molecule has 7 nitrogen and oxygen atoms in total. The first-order valence-electron chi connectivity index (χ1n) is 9.83. The molecule has 0 aliphatic carbocycles. The normalized spacial score (nSPS) is 20.5. The van der Waals surface area contributed by atoms with Gasteiger partial charge in [-0.25, -0.2) is 13.8 Å². The van der Waals surface area contributed by atoms with Gasteiger partial charge in [-0.2, -0.15) is 0 Å². The summed E-state index contributed by atoms with van der Waals surface area (Å²) in [5.74, 6) is -2.75. The van der Waals surface area contributed by atoms with Crippen LogP contribution in [0.1, 0.15) is 40.7 Å². The minimum absolute atomic E-state index is 0.0357. The minimum atomic E-state index is -0.889. The van der Waals surface area contributed by atoms with Crippen LogP contribution in [0.5, 0.6) is 0 Å². The standard InChI is InChI=1S/C21H18F2N4O3/c22-13-8-11-12(9-27(21(11)30)15-5-6-16(28)26-20(15)29)18(23)17(13)14-4-3-10-2-1-7-24-19(10)25-14/h3-4,8,15H,1-2,5-7,9H2,(H,24,25)(H,26,28,29). The number of amides is 3. The summed E-state index contributed by atoms with van der Waals surface area (Å²) in [6.07, 6.45) is 2.05. The number of anilines is 1. The third-order valence-electron chi connectivity index (χ3n) is 5.88. The first kappa shape index (κ1) is 18.7. The lowest BCUT2D eigenvalue weighted by molar-refractivity contribution is -0.136. The summed E-state index contributed by atoms with van der Waals surface area (Å²) in [7, 11) is 0. The second-order valence-corrected chi connectivity index (χ2v) is 7.71. The van der Waals surface area contributed by atoms with Crippen molar-refractivity contribution in [1.82, 2.24) is 15.2 Å². The van der Waals surface area contributed by atoms with Crippen molar-refractivity contribution in [3.05, 3.63) is 46.5 Å². The van der Waals surface area contributed by atoms with Gasteiger partial charge in [0.2, 0.25) is 11.8 Å². The number of nitrogens with one attached hydrogen (secondary N) is 2. The summed E-state index contributed by atoms with van der Waals surface area (Å²) in [5, 5.41) is 5.33. The Bertz CT molecular complexity index is 1120. The number of benzene rings is 1. The van der Waals surface area contributed by atoms with Gasteiger partial charge in [-0.05, 0) is 37.0 Å². The number of hydrogen-bond donors (Lipinski definition) is 2. The van der Waals surface area contributed by atoms with E-state index in [1.54, 1.807) is 12.1 Å². The number of nitrogens with zero attached hydrogens (tertiary/aromatic N) is 2. The number of fused-ring (bicyclic) bond motifs is 2. The van der Waals surface area contributed by atoms with E-state index in [1.165, 1.54) is 4.90 Å². The molecule has 3 aliphatic heterocycles. The Hall–Kier alpha value is -3.36. The molecule has 0 radical (unpaired) electrons. The van der Waals surface area contributed by atoms with E-state index in [2.05, 4.69) is 15.6 Å². The van der Waals surface area contributed by atoms with Crippen LogP contribution in [0.25, 0.3) is 11.3 Å². The van der Waals surface area contributed by atoms with E-state index in [9.17, 15) is 18.8 Å². The number of carbonyl (C=O) groups excluding carboxylic acids is 3. The fourth-order valence-electron chi connectivity index (χ4n) is 4.34. The van der Waals surface area contributed by atoms with Crippen LogP contribution in [0.2, 0.25) is 0 Å². The fourth-order valence-corrected chi connectivity index (χ4v) is 4.34. The second-order valence-electron chi connectivity index (χ2n) is 7.71. The Balaban J connectivity index is 1.53. The molecule has 0 spiro atoms. The molecule has 3 aliphatic rings. The Kier molecular flexibility index (Phi) is 4.27. The zero-order chi connectivity index (χ0) is 21.0. The number of rotatable bonds is 2. The second kappa shape index (κ2) is 6.86. The zero-order valence-corrected chi connectivity index (χ0v) is 15.9. The van der Waals surface area contributed by atoms with Crippen LogP contribution < -0.4 is 10.6 Å². The van der Waals surface area contributed by atoms with Crippen molar-refractivity contribution in [1.29, 1.82) is 0 Å². The van der Waals surface area contributed by atoms with Crippen LogP contribution >= 0.6 is 0 Å². The van der Waals surface area contributed by atoms with Gasteiger partial charge in [0, 0.05) is 18.5 Å². The van der Waals surface area contributed by atoms with E-state index in [4.69, 9.17) is 0 Å². The quantitative estimate of drug-likeness (QED) is 0.738. The Labute approximate surface area is 170 Å². The number of piperidine rings is 1. The topological polar surface area (TPSA) is 91.4 Å². The molecule has 1 atom stereocenters. The monoisotopic (exact) mass is 412 g/mol. The van der Waals surface area contributed by atoms with Crippen molar-refractivity contribution in [3.63, 3.8) is 0 Å². The highest BCUT2D eigenvalue weighted by Gasteiger charge is 2.41. The number of imide groups is 1. The average Bonchev–Trinajstić information content (AvgIpc) is 3.04. The molecular formula is C21H18F2N4O3. The molecule has 1 aromatic carbocycles. The molecule has 1 saturated heterocycles. The maximum Gasteiger partial charge on any atom is 0.255 e. The molecule has 3 amide bonds. The Morgan fingerprint density at radius 3 is 2.77 bits per heavy atom. The van der Waals surface area contributed by atoms with E-state index in [1.807, 2.05) is 0 Å². The summed E-state index contributed by atoms with van der Waals surface area (Å²) in [4.78, 5) is 41.9. The molecule has 1 unspecified atom stereocenters. The van der Waals surface area contributed by atoms with Gasteiger partial charge in [-0.3, -0.25) is 19.7 Å². The smallest absolute Gasteiger partial charge is 0.255 e. The average molecular weight is 412 g/mol. The molecule has 9 heteroatoms. The summed E-state index contributed by atoms with van der Waals surface area (Å²) in [6.45, 7) is 0.580. The van der Waals surface area contributed by atoms with Gasteiger partial charge < -0.3 is 10.2 Å². The number of aromatic nitrogens is 1. The highest BCUT2D eigenvalue weighted by Crippen LogP contribution is 2.36. The van der Waals surface area contributed by atoms with Crippen molar-refractivity contribution < 1.29 is 23.2 Å². The van der Waals surface area contributed by atoms with Gasteiger partial charge in [0.15, 0.2) is 0 Å². The summed E-state index contributed by atoms with van der Waals surface area (Å²) in [6, 6.07) is 3.50. The van der Waals surface area contributed by atoms with Crippen molar-refractivity contribution in [2.75, 3.05) is 11.9 Å². The maximum absolute atomic E-state index is 15.4. The number of halogens is 2. The summed E-state index contributed by atoms with van der Waals surface area (Å²) < 4.78 is 30.3. The Morgan fingerprint density at radius 1 is 1.13 bits per heavy atom. The molecular weight excluding hydrogens is 394 g/mol.